The molecule has 2 rings (SSSR count). The van der Waals surface area contributed by atoms with Crippen molar-refractivity contribution in [3.63, 3.8) is 0 Å². The summed E-state index contributed by atoms with van der Waals surface area (Å²) in [4.78, 5) is 25.5. The van der Waals surface area contributed by atoms with Gasteiger partial charge in [-0.05, 0) is 39.2 Å². The molecule has 2 atom stereocenters. The predicted molar refractivity (Wildman–Crippen MR) is 82.8 cm³/mol. The van der Waals surface area contributed by atoms with Crippen LogP contribution in [-0.4, -0.2) is 40.3 Å². The van der Waals surface area contributed by atoms with Gasteiger partial charge in [-0.3, -0.25) is 4.90 Å². The lowest BCUT2D eigenvalue weighted by Crippen LogP contribution is -2.53. The first kappa shape index (κ1) is 16.3. The normalized spacial score (nSPS) is 22.2. The Morgan fingerprint density at radius 1 is 1.23 bits per heavy atom. The number of carboxylic acid groups (broad SMARTS) is 1. The number of carbonyl (C=O) groups is 2. The summed E-state index contributed by atoms with van der Waals surface area (Å²) in [6.07, 6.45) is 0.962. The first-order valence-corrected chi connectivity index (χ1v) is 7.57. The lowest BCUT2D eigenvalue weighted by Gasteiger charge is -2.39. The van der Waals surface area contributed by atoms with Gasteiger partial charge in [-0.15, -0.1) is 0 Å². The third-order valence-electron chi connectivity index (χ3n) is 3.74. The van der Waals surface area contributed by atoms with Gasteiger partial charge in [-0.2, -0.15) is 0 Å². The number of carboxylic acids is 1. The van der Waals surface area contributed by atoms with Gasteiger partial charge in [0.05, 0.1) is 0 Å². The Morgan fingerprint density at radius 3 is 2.41 bits per heavy atom. The number of amides is 1. The van der Waals surface area contributed by atoms with Crippen LogP contribution in [0.15, 0.2) is 30.3 Å². The predicted octanol–water partition coefficient (Wildman–Crippen LogP) is 3.25. The summed E-state index contributed by atoms with van der Waals surface area (Å²) in [6.45, 7) is 5.74. The van der Waals surface area contributed by atoms with Crippen molar-refractivity contribution in [1.82, 2.24) is 4.90 Å². The van der Waals surface area contributed by atoms with Crippen LogP contribution in [-0.2, 0) is 9.53 Å². The second-order valence-electron chi connectivity index (χ2n) is 6.62. The van der Waals surface area contributed by atoms with Crippen molar-refractivity contribution in [3.05, 3.63) is 35.9 Å². The average molecular weight is 305 g/mol. The first-order valence-electron chi connectivity index (χ1n) is 7.57. The third-order valence-corrected chi connectivity index (χ3v) is 3.74. The van der Waals surface area contributed by atoms with Gasteiger partial charge < -0.3 is 9.84 Å². The number of nitrogens with zero attached hydrogens (tertiary/aromatic N) is 1. The molecule has 1 saturated heterocycles. The Bertz CT molecular complexity index is 535. The monoisotopic (exact) mass is 305 g/mol. The zero-order valence-electron chi connectivity index (χ0n) is 13.3. The maximum absolute atomic E-state index is 12.3. The van der Waals surface area contributed by atoms with E-state index in [9.17, 15) is 14.7 Å². The number of carbonyl (C=O) groups excluding carboxylic acids is 1. The van der Waals surface area contributed by atoms with E-state index in [0.29, 0.717) is 6.54 Å². The van der Waals surface area contributed by atoms with Crippen molar-refractivity contribution in [2.75, 3.05) is 6.54 Å². The van der Waals surface area contributed by atoms with Gasteiger partial charge in [0, 0.05) is 12.5 Å². The number of likely N-dealkylation sites (tertiary alicyclic amines) is 1. The lowest BCUT2D eigenvalue weighted by molar-refractivity contribution is -0.145. The van der Waals surface area contributed by atoms with Gasteiger partial charge in [0.1, 0.15) is 11.6 Å². The number of piperidine rings is 1. The Kier molecular flexibility index (Phi) is 4.74. The van der Waals surface area contributed by atoms with E-state index in [1.165, 1.54) is 4.90 Å². The van der Waals surface area contributed by atoms with Gasteiger partial charge >= 0.3 is 12.1 Å². The molecule has 0 unspecified atom stereocenters. The van der Waals surface area contributed by atoms with Crippen molar-refractivity contribution in [2.24, 2.45) is 0 Å². The number of rotatable bonds is 2. The fraction of sp³-hybridized carbons (Fsp3) is 0.529. The first-order chi connectivity index (χ1) is 10.3. The van der Waals surface area contributed by atoms with Crippen LogP contribution in [0.4, 0.5) is 4.79 Å². The van der Waals surface area contributed by atoms with E-state index in [4.69, 9.17) is 4.74 Å². The average Bonchev–Trinajstić information content (AvgIpc) is 2.45. The minimum absolute atomic E-state index is 0.208. The van der Waals surface area contributed by atoms with E-state index in [0.717, 1.165) is 18.4 Å². The molecule has 0 saturated carbocycles. The molecular weight excluding hydrogens is 282 g/mol. The topological polar surface area (TPSA) is 66.8 Å². The standard InChI is InChI=1S/C17H23NO4/c1-17(2,3)22-16(21)18-11-7-10-13(14(18)15(19)20)12-8-5-4-6-9-12/h4-6,8-9,13-14H,7,10-11H2,1-3H3,(H,19,20)/t13-,14+/m1/s1. The second-order valence-corrected chi connectivity index (χ2v) is 6.62. The molecule has 0 radical (unpaired) electrons. The summed E-state index contributed by atoms with van der Waals surface area (Å²) in [7, 11) is 0. The molecule has 22 heavy (non-hydrogen) atoms. The van der Waals surface area contributed by atoms with Crippen molar-refractivity contribution in [3.8, 4) is 0 Å². The van der Waals surface area contributed by atoms with Gasteiger partial charge in [0.2, 0.25) is 0 Å². The van der Waals surface area contributed by atoms with E-state index in [-0.39, 0.29) is 5.92 Å². The molecule has 1 heterocycles. The fourth-order valence-electron chi connectivity index (χ4n) is 2.88. The van der Waals surface area contributed by atoms with E-state index in [1.54, 1.807) is 20.8 Å². The highest BCUT2D eigenvalue weighted by molar-refractivity contribution is 5.81. The summed E-state index contributed by atoms with van der Waals surface area (Å²) in [5, 5.41) is 9.64. The van der Waals surface area contributed by atoms with Crippen LogP contribution in [0, 0.1) is 0 Å². The van der Waals surface area contributed by atoms with Gasteiger partial charge in [-0.25, -0.2) is 9.59 Å². The highest BCUT2D eigenvalue weighted by Crippen LogP contribution is 2.33. The molecule has 5 heteroatoms. The Balaban J connectivity index is 2.27. The van der Waals surface area contributed by atoms with Crippen LogP contribution in [0.5, 0.6) is 0 Å². The molecule has 0 aromatic heterocycles. The van der Waals surface area contributed by atoms with Crippen molar-refractivity contribution >= 4 is 12.1 Å². The van der Waals surface area contributed by atoms with Gasteiger partial charge in [0.25, 0.3) is 0 Å². The molecule has 120 valence electrons. The van der Waals surface area contributed by atoms with Crippen LogP contribution in [0.2, 0.25) is 0 Å². The summed E-state index contributed by atoms with van der Waals surface area (Å²) in [6, 6.07) is 8.62. The molecule has 0 bridgehead atoms. The summed E-state index contributed by atoms with van der Waals surface area (Å²) in [5.74, 6) is -1.20. The Morgan fingerprint density at radius 2 is 1.86 bits per heavy atom. The Labute approximate surface area is 130 Å². The quantitative estimate of drug-likeness (QED) is 0.910. The van der Waals surface area contributed by atoms with Crippen LogP contribution >= 0.6 is 0 Å². The number of hydrogen-bond donors (Lipinski definition) is 1. The molecule has 1 aliphatic heterocycles. The highest BCUT2D eigenvalue weighted by Gasteiger charge is 2.41. The summed E-state index contributed by atoms with van der Waals surface area (Å²) in [5.41, 5.74) is 0.308. The molecule has 1 amide bonds. The van der Waals surface area contributed by atoms with Crippen molar-refractivity contribution < 1.29 is 19.4 Å². The molecule has 1 aliphatic rings. The smallest absolute Gasteiger partial charge is 0.411 e. The van der Waals surface area contributed by atoms with E-state index in [1.807, 2.05) is 30.3 Å². The number of benzene rings is 1. The van der Waals surface area contributed by atoms with Gasteiger partial charge in [-0.1, -0.05) is 30.3 Å². The minimum Gasteiger partial charge on any atom is -0.480 e. The number of hydrogen-bond acceptors (Lipinski definition) is 3. The van der Waals surface area contributed by atoms with Crippen LogP contribution < -0.4 is 0 Å². The van der Waals surface area contributed by atoms with Crippen LogP contribution in [0.3, 0.4) is 0 Å². The lowest BCUT2D eigenvalue weighted by atomic mass is 9.83. The van der Waals surface area contributed by atoms with Crippen LogP contribution in [0.1, 0.15) is 45.1 Å². The molecular formula is C17H23NO4. The van der Waals surface area contributed by atoms with E-state index < -0.39 is 23.7 Å². The molecule has 1 aromatic rings. The van der Waals surface area contributed by atoms with Crippen molar-refractivity contribution in [2.45, 2.75) is 51.2 Å². The van der Waals surface area contributed by atoms with E-state index in [2.05, 4.69) is 0 Å². The zero-order valence-corrected chi connectivity index (χ0v) is 13.3. The van der Waals surface area contributed by atoms with Crippen molar-refractivity contribution in [1.29, 1.82) is 0 Å². The zero-order chi connectivity index (χ0) is 16.3. The molecule has 5 nitrogen and oxygen atoms in total. The summed E-state index contributed by atoms with van der Waals surface area (Å²) >= 11 is 0. The SMILES string of the molecule is CC(C)(C)OC(=O)N1CCC[C@H](c2ccccc2)[C@H]1C(=O)O. The minimum atomic E-state index is -0.987. The Hall–Kier alpha value is -2.04. The number of ether oxygens (including phenoxy) is 1. The van der Waals surface area contributed by atoms with E-state index >= 15 is 0 Å². The maximum atomic E-state index is 12.3. The molecule has 1 N–H and O–H groups in total. The van der Waals surface area contributed by atoms with Crippen LogP contribution in [0.25, 0.3) is 0 Å². The molecule has 0 spiro atoms. The second kappa shape index (κ2) is 6.38. The highest BCUT2D eigenvalue weighted by atomic mass is 16.6. The largest absolute Gasteiger partial charge is 0.480 e. The summed E-state index contributed by atoms with van der Waals surface area (Å²) < 4.78 is 5.37. The fourth-order valence-corrected chi connectivity index (χ4v) is 2.88. The van der Waals surface area contributed by atoms with Gasteiger partial charge in [0.15, 0.2) is 0 Å². The molecule has 1 fully saturated rings. The maximum Gasteiger partial charge on any atom is 0.411 e. The third kappa shape index (κ3) is 3.78. The number of aliphatic carboxylic acids is 1. The molecule has 0 aliphatic carbocycles. The molecule has 1 aromatic carbocycles.